The van der Waals surface area contributed by atoms with Crippen molar-refractivity contribution < 1.29 is 8.42 Å². The Morgan fingerprint density at radius 2 is 2.35 bits per heavy atom. The highest BCUT2D eigenvalue weighted by Crippen LogP contribution is 2.25. The fourth-order valence-corrected chi connectivity index (χ4v) is 4.88. The van der Waals surface area contributed by atoms with Crippen LogP contribution in [-0.4, -0.2) is 24.3 Å². The number of hydrogen-bond donors (Lipinski definition) is 1. The maximum atomic E-state index is 12.4. The molecule has 0 aliphatic heterocycles. The van der Waals surface area contributed by atoms with Crippen LogP contribution in [0.4, 0.5) is 0 Å². The number of thiazole rings is 1. The van der Waals surface area contributed by atoms with E-state index >= 15 is 0 Å². The van der Waals surface area contributed by atoms with Crippen molar-refractivity contribution in [3.63, 3.8) is 0 Å². The molecule has 0 saturated heterocycles. The summed E-state index contributed by atoms with van der Waals surface area (Å²) in [5.41, 5.74) is 0. The molecular weight excluding hydrogens is 318 g/mol. The lowest BCUT2D eigenvalue weighted by molar-refractivity contribution is 0.467. The van der Waals surface area contributed by atoms with Crippen LogP contribution in [0.5, 0.6) is 0 Å². The molecule has 0 aromatic carbocycles. The summed E-state index contributed by atoms with van der Waals surface area (Å²) in [6.45, 7) is 0.431. The topological polar surface area (TPSA) is 63.5 Å². The van der Waals surface area contributed by atoms with Gasteiger partial charge in [0.25, 0.3) is 10.0 Å². The monoisotopic (exact) mass is 331 g/mol. The van der Waals surface area contributed by atoms with E-state index in [1.807, 2.05) is 0 Å². The number of halogens is 1. The Labute approximate surface area is 126 Å². The van der Waals surface area contributed by atoms with Crippen LogP contribution in [0.2, 0.25) is 5.15 Å². The first kappa shape index (κ1) is 14.1. The Morgan fingerprint density at radius 1 is 1.50 bits per heavy atom. The number of fused-ring (bicyclic) bond motifs is 1. The van der Waals surface area contributed by atoms with Crippen LogP contribution in [0.15, 0.2) is 28.8 Å². The second kappa shape index (κ2) is 5.48. The van der Waals surface area contributed by atoms with Gasteiger partial charge in [0.05, 0.1) is 0 Å². The molecule has 108 valence electrons. The van der Waals surface area contributed by atoms with Crippen LogP contribution < -0.4 is 4.72 Å². The third-order valence-electron chi connectivity index (χ3n) is 3.37. The smallest absolute Gasteiger partial charge is 0.259 e. The van der Waals surface area contributed by atoms with E-state index in [9.17, 15) is 8.42 Å². The molecule has 20 heavy (non-hydrogen) atoms. The van der Waals surface area contributed by atoms with Gasteiger partial charge in [-0.1, -0.05) is 23.8 Å². The van der Waals surface area contributed by atoms with Gasteiger partial charge in [0.1, 0.15) is 0 Å². The van der Waals surface area contributed by atoms with Crippen molar-refractivity contribution in [2.45, 2.75) is 24.3 Å². The molecule has 2 aromatic rings. The third kappa shape index (κ3) is 2.63. The van der Waals surface area contributed by atoms with E-state index < -0.39 is 10.0 Å². The van der Waals surface area contributed by atoms with Crippen LogP contribution in [0.1, 0.15) is 19.3 Å². The Morgan fingerprint density at radius 3 is 3.10 bits per heavy atom. The van der Waals surface area contributed by atoms with E-state index in [1.54, 1.807) is 11.6 Å². The van der Waals surface area contributed by atoms with Crippen molar-refractivity contribution in [3.05, 3.63) is 28.9 Å². The van der Waals surface area contributed by atoms with Gasteiger partial charge in [0.2, 0.25) is 0 Å². The highest BCUT2D eigenvalue weighted by atomic mass is 35.5. The van der Waals surface area contributed by atoms with Gasteiger partial charge in [0, 0.05) is 18.1 Å². The van der Waals surface area contributed by atoms with Crippen molar-refractivity contribution in [2.24, 2.45) is 5.92 Å². The van der Waals surface area contributed by atoms with Crippen molar-refractivity contribution >= 4 is 37.9 Å². The van der Waals surface area contributed by atoms with Crippen molar-refractivity contribution in [3.8, 4) is 0 Å². The molecule has 0 amide bonds. The number of nitrogens with one attached hydrogen (secondary N) is 1. The van der Waals surface area contributed by atoms with Gasteiger partial charge in [-0.15, -0.1) is 11.3 Å². The molecule has 1 N–H and O–H groups in total. The van der Waals surface area contributed by atoms with Crippen LogP contribution >= 0.6 is 22.9 Å². The first-order valence-electron chi connectivity index (χ1n) is 6.33. The molecule has 0 spiro atoms. The number of imidazole rings is 1. The number of allylic oxidation sites excluding steroid dienone is 2. The summed E-state index contributed by atoms with van der Waals surface area (Å²) < 4.78 is 29.0. The summed E-state index contributed by atoms with van der Waals surface area (Å²) in [6, 6.07) is 0. The molecule has 3 rings (SSSR count). The predicted molar refractivity (Wildman–Crippen MR) is 79.7 cm³/mol. The Kier molecular flexibility index (Phi) is 3.85. The summed E-state index contributed by atoms with van der Waals surface area (Å²) in [6.07, 6.45) is 8.83. The molecule has 2 heterocycles. The summed E-state index contributed by atoms with van der Waals surface area (Å²) in [5, 5.41) is 1.83. The SMILES string of the molecule is O=S(=O)(NCC1CC=CCC1)c1c(Cl)nc2sccn12. The summed E-state index contributed by atoms with van der Waals surface area (Å²) in [7, 11) is -3.64. The van der Waals surface area contributed by atoms with Crippen molar-refractivity contribution in [1.82, 2.24) is 14.1 Å². The lowest BCUT2D eigenvalue weighted by Crippen LogP contribution is -2.30. The van der Waals surface area contributed by atoms with Crippen LogP contribution in [0.3, 0.4) is 0 Å². The zero-order valence-electron chi connectivity index (χ0n) is 10.6. The Balaban J connectivity index is 1.82. The predicted octanol–water partition coefficient (Wildman–Crippen LogP) is 2.68. The van der Waals surface area contributed by atoms with E-state index in [2.05, 4.69) is 21.9 Å². The second-order valence-electron chi connectivity index (χ2n) is 4.77. The number of nitrogens with zero attached hydrogens (tertiary/aromatic N) is 2. The highest BCUT2D eigenvalue weighted by Gasteiger charge is 2.25. The number of hydrogen-bond acceptors (Lipinski definition) is 4. The summed E-state index contributed by atoms with van der Waals surface area (Å²) in [4.78, 5) is 4.63. The van der Waals surface area contributed by atoms with Crippen molar-refractivity contribution in [2.75, 3.05) is 6.54 Å². The minimum atomic E-state index is -3.64. The van der Waals surface area contributed by atoms with E-state index in [0.717, 1.165) is 19.3 Å². The number of aromatic nitrogens is 2. The maximum absolute atomic E-state index is 12.4. The van der Waals surface area contributed by atoms with Gasteiger partial charge >= 0.3 is 0 Å². The summed E-state index contributed by atoms with van der Waals surface area (Å²) >= 11 is 7.31. The zero-order chi connectivity index (χ0) is 14.2. The molecule has 2 aromatic heterocycles. The molecule has 5 nitrogen and oxygen atoms in total. The van der Waals surface area contributed by atoms with Gasteiger partial charge in [0.15, 0.2) is 15.1 Å². The number of rotatable bonds is 4. The fraction of sp³-hybridized carbons (Fsp3) is 0.417. The lowest BCUT2D eigenvalue weighted by Gasteiger charge is -2.17. The third-order valence-corrected chi connectivity index (χ3v) is 5.95. The van der Waals surface area contributed by atoms with Crippen molar-refractivity contribution in [1.29, 1.82) is 0 Å². The van der Waals surface area contributed by atoms with Gasteiger partial charge in [-0.2, -0.15) is 0 Å². The van der Waals surface area contributed by atoms with Crippen LogP contribution in [0.25, 0.3) is 4.96 Å². The normalized spacial score (nSPS) is 19.8. The van der Waals surface area contributed by atoms with Crippen LogP contribution in [0, 0.1) is 5.92 Å². The standard InChI is InChI=1S/C12H14ClN3O2S2/c13-10-11(16-6-7-19-12(16)15-10)20(17,18)14-8-9-4-2-1-3-5-9/h1-2,6-7,9,14H,3-5,8H2. The second-order valence-corrected chi connectivity index (χ2v) is 7.68. The molecule has 8 heteroatoms. The molecule has 1 aliphatic rings. The summed E-state index contributed by atoms with van der Waals surface area (Å²) in [5.74, 6) is 0.347. The quantitative estimate of drug-likeness (QED) is 0.876. The molecule has 1 aliphatic carbocycles. The van der Waals surface area contributed by atoms with E-state index in [-0.39, 0.29) is 10.2 Å². The minimum Gasteiger partial charge on any atom is -0.279 e. The lowest BCUT2D eigenvalue weighted by atomic mass is 9.95. The Bertz CT molecular complexity index is 748. The minimum absolute atomic E-state index is 0.0212. The molecule has 1 atom stereocenters. The van der Waals surface area contributed by atoms with E-state index in [1.165, 1.54) is 15.7 Å². The van der Waals surface area contributed by atoms with Gasteiger partial charge in [-0.3, -0.25) is 4.40 Å². The largest absolute Gasteiger partial charge is 0.279 e. The van der Waals surface area contributed by atoms with Gasteiger partial charge < -0.3 is 0 Å². The van der Waals surface area contributed by atoms with Crippen LogP contribution in [-0.2, 0) is 10.0 Å². The highest BCUT2D eigenvalue weighted by molar-refractivity contribution is 7.89. The Hall–Kier alpha value is -0.890. The molecule has 0 bridgehead atoms. The fourth-order valence-electron chi connectivity index (χ4n) is 2.32. The van der Waals surface area contributed by atoms with E-state index in [0.29, 0.717) is 17.4 Å². The molecule has 0 radical (unpaired) electrons. The molecule has 0 fully saturated rings. The molecule has 1 unspecified atom stereocenters. The first-order chi connectivity index (χ1) is 9.58. The first-order valence-corrected chi connectivity index (χ1v) is 9.08. The average Bonchev–Trinajstić information content (AvgIpc) is 2.97. The molecule has 0 saturated carbocycles. The molecular formula is C12H14ClN3O2S2. The maximum Gasteiger partial charge on any atom is 0.259 e. The number of sulfonamides is 1. The van der Waals surface area contributed by atoms with Gasteiger partial charge in [-0.25, -0.2) is 18.1 Å². The average molecular weight is 332 g/mol. The van der Waals surface area contributed by atoms with E-state index in [4.69, 9.17) is 11.6 Å². The zero-order valence-corrected chi connectivity index (χ0v) is 13.0. The van der Waals surface area contributed by atoms with Gasteiger partial charge in [-0.05, 0) is 25.2 Å².